The van der Waals surface area contributed by atoms with E-state index in [1.165, 1.54) is 0 Å². The fourth-order valence-corrected chi connectivity index (χ4v) is 11.1. The molecule has 0 aliphatic heterocycles. The molecule has 0 bridgehead atoms. The number of aromatic nitrogens is 6. The number of hydrogen-bond acceptors (Lipinski definition) is 6. The highest BCUT2D eigenvalue weighted by molar-refractivity contribution is 6.78. The van der Waals surface area contributed by atoms with E-state index in [4.69, 9.17) is 4.43 Å². The van der Waals surface area contributed by atoms with Crippen LogP contribution in [-0.2, 0) is 13.6 Å². The van der Waals surface area contributed by atoms with Gasteiger partial charge in [0.15, 0.2) is 5.65 Å². The first kappa shape index (κ1) is 27.7. The lowest BCUT2D eigenvalue weighted by atomic mass is 9.99. The first-order valence-electron chi connectivity index (χ1n) is 13.4. The fraction of sp³-hybridized carbons (Fsp3) is 0.448. The molecule has 4 rings (SSSR count). The molecule has 8 nitrogen and oxygen atoms in total. The average molecular weight is 533 g/mol. The van der Waals surface area contributed by atoms with Gasteiger partial charge in [-0.25, -0.2) is 9.67 Å². The summed E-state index contributed by atoms with van der Waals surface area (Å²) in [7, 11) is -0.212. The second kappa shape index (κ2) is 11.2. The number of rotatable bonds is 10. The first-order valence-corrected chi connectivity index (χ1v) is 15.5. The third kappa shape index (κ3) is 5.30. The molecule has 9 heteroatoms. The number of nitrogens with zero attached hydrogens (tertiary/aromatic N) is 6. The Morgan fingerprint density at radius 3 is 2.45 bits per heavy atom. The lowest BCUT2D eigenvalue weighted by Gasteiger charge is -2.42. The van der Waals surface area contributed by atoms with E-state index in [2.05, 4.69) is 86.2 Å². The first-order chi connectivity index (χ1) is 18.1. The predicted molar refractivity (Wildman–Crippen MR) is 155 cm³/mol. The molecule has 1 aromatic carbocycles. The Labute approximate surface area is 226 Å². The van der Waals surface area contributed by atoms with Gasteiger partial charge in [-0.1, -0.05) is 65.0 Å². The number of hydrogen-bond donors (Lipinski definition) is 1. The van der Waals surface area contributed by atoms with E-state index < -0.39 is 8.32 Å². The molecule has 0 aliphatic rings. The quantitative estimate of drug-likeness (QED) is 0.256. The van der Waals surface area contributed by atoms with E-state index in [0.29, 0.717) is 34.3 Å². The molecule has 0 fully saturated rings. The van der Waals surface area contributed by atoms with Gasteiger partial charge in [-0.05, 0) is 52.9 Å². The van der Waals surface area contributed by atoms with Gasteiger partial charge in [0.05, 0.1) is 19.3 Å². The minimum absolute atomic E-state index is 0.101. The largest absolute Gasteiger partial charge is 0.543 e. The van der Waals surface area contributed by atoms with Crippen LogP contribution in [0.1, 0.15) is 63.9 Å². The van der Waals surface area contributed by atoms with Crippen molar-refractivity contribution >= 4 is 25.1 Å². The molecule has 0 saturated carbocycles. The average Bonchev–Trinajstić information content (AvgIpc) is 3.47. The van der Waals surface area contributed by atoms with E-state index in [9.17, 15) is 5.11 Å². The van der Waals surface area contributed by atoms with Crippen molar-refractivity contribution in [3.8, 4) is 5.75 Å². The lowest BCUT2D eigenvalue weighted by Crippen LogP contribution is -2.50. The van der Waals surface area contributed by atoms with E-state index >= 15 is 0 Å². The Balaban J connectivity index is 1.63. The van der Waals surface area contributed by atoms with Crippen LogP contribution in [0.5, 0.6) is 5.75 Å². The summed E-state index contributed by atoms with van der Waals surface area (Å²) in [5.41, 5.74) is 7.54. The van der Waals surface area contributed by atoms with Crippen LogP contribution in [0.3, 0.4) is 0 Å². The summed E-state index contributed by atoms with van der Waals surface area (Å²) in [6, 6.07) is 10.4. The maximum atomic E-state index is 9.82. The van der Waals surface area contributed by atoms with Gasteiger partial charge >= 0.3 is 0 Å². The van der Waals surface area contributed by atoms with Gasteiger partial charge in [0.1, 0.15) is 11.3 Å². The molecule has 3 heterocycles. The van der Waals surface area contributed by atoms with E-state index in [0.717, 1.165) is 33.7 Å². The fourth-order valence-electron chi connectivity index (χ4n) is 5.85. The van der Waals surface area contributed by atoms with Crippen molar-refractivity contribution in [1.29, 1.82) is 0 Å². The van der Waals surface area contributed by atoms with Crippen molar-refractivity contribution in [3.05, 3.63) is 71.2 Å². The third-order valence-electron chi connectivity index (χ3n) is 7.46. The van der Waals surface area contributed by atoms with Gasteiger partial charge in [0.25, 0.3) is 8.32 Å². The van der Waals surface area contributed by atoms with Gasteiger partial charge in [-0.3, -0.25) is 4.68 Å². The smallest absolute Gasteiger partial charge is 0.258 e. The van der Waals surface area contributed by atoms with Crippen molar-refractivity contribution in [2.45, 2.75) is 71.6 Å². The molecule has 38 heavy (non-hydrogen) atoms. The summed E-state index contributed by atoms with van der Waals surface area (Å²) in [5.74, 6) is 0.941. The number of aryl methyl sites for hydroxylation is 2. The summed E-state index contributed by atoms with van der Waals surface area (Å²) in [5, 5.41) is 22.9. The summed E-state index contributed by atoms with van der Waals surface area (Å²) < 4.78 is 10.5. The lowest BCUT2D eigenvalue weighted by molar-refractivity contribution is 0.343. The summed E-state index contributed by atoms with van der Waals surface area (Å²) in [4.78, 5) is 4.58. The third-order valence-corrected chi connectivity index (χ3v) is 13.5. The van der Waals surface area contributed by atoms with Crippen molar-refractivity contribution in [1.82, 2.24) is 29.8 Å². The number of fused-ring (bicyclic) bond motifs is 1. The molecule has 0 saturated heterocycles. The molecule has 3 aromatic heterocycles. The molecule has 0 radical (unpaired) electrons. The Morgan fingerprint density at radius 2 is 1.79 bits per heavy atom. The van der Waals surface area contributed by atoms with Crippen molar-refractivity contribution in [2.24, 2.45) is 7.05 Å². The minimum Gasteiger partial charge on any atom is -0.543 e. The van der Waals surface area contributed by atoms with Crippen LogP contribution in [0.15, 0.2) is 48.8 Å². The normalized spacial score (nSPS) is 12.9. The zero-order valence-corrected chi connectivity index (χ0v) is 24.8. The van der Waals surface area contributed by atoms with Crippen LogP contribution >= 0.6 is 0 Å². The zero-order chi connectivity index (χ0) is 27.6. The Kier molecular flexibility index (Phi) is 8.18. The van der Waals surface area contributed by atoms with Gasteiger partial charge in [-0.2, -0.15) is 5.10 Å². The highest BCUT2D eigenvalue weighted by Crippen LogP contribution is 2.42. The predicted octanol–water partition coefficient (Wildman–Crippen LogP) is 5.89. The topological polar surface area (TPSA) is 90.9 Å². The Bertz CT molecular complexity index is 1410. The second-order valence-corrected chi connectivity index (χ2v) is 16.4. The zero-order valence-electron chi connectivity index (χ0n) is 23.8. The summed E-state index contributed by atoms with van der Waals surface area (Å²) in [6.45, 7) is 16.3. The number of aliphatic hydroxyl groups is 1. The Hall–Kier alpha value is -3.30. The van der Waals surface area contributed by atoms with Gasteiger partial charge in [0.2, 0.25) is 0 Å². The Morgan fingerprint density at radius 1 is 1.08 bits per heavy atom. The van der Waals surface area contributed by atoms with Crippen molar-refractivity contribution < 1.29 is 9.53 Å². The molecular formula is C29H40N6O2Si. The molecular weight excluding hydrogens is 492 g/mol. The molecule has 0 unspecified atom stereocenters. The minimum atomic E-state index is -2.04. The van der Waals surface area contributed by atoms with Crippen LogP contribution < -0.4 is 4.43 Å². The summed E-state index contributed by atoms with van der Waals surface area (Å²) in [6.07, 6.45) is 5.61. The SMILES string of the molecule is Cc1cc(/C(=C/CO)c2cnn(Cc3cccc(O[Si](C(C)C)(C(C)C)C(C)C)c3)c2)c2nnn(C)c2n1. The molecule has 0 aliphatic carbocycles. The number of aliphatic hydroxyl groups excluding tert-OH is 1. The van der Waals surface area contributed by atoms with Crippen LogP contribution in [0.4, 0.5) is 0 Å². The van der Waals surface area contributed by atoms with E-state index in [1.807, 2.05) is 37.1 Å². The van der Waals surface area contributed by atoms with Crippen LogP contribution in [-0.4, -0.2) is 49.8 Å². The number of benzene rings is 1. The summed E-state index contributed by atoms with van der Waals surface area (Å²) >= 11 is 0. The maximum absolute atomic E-state index is 9.82. The van der Waals surface area contributed by atoms with E-state index in [-0.39, 0.29) is 6.61 Å². The second-order valence-electron chi connectivity index (χ2n) is 11.0. The molecule has 1 N–H and O–H groups in total. The van der Waals surface area contributed by atoms with Crippen molar-refractivity contribution in [3.63, 3.8) is 0 Å². The van der Waals surface area contributed by atoms with Crippen molar-refractivity contribution in [2.75, 3.05) is 6.61 Å². The van der Waals surface area contributed by atoms with Gasteiger partial charge in [0, 0.05) is 30.1 Å². The van der Waals surface area contributed by atoms with Crippen LogP contribution in [0.25, 0.3) is 16.7 Å². The molecule has 0 spiro atoms. The highest BCUT2D eigenvalue weighted by atomic mass is 28.4. The standard InChI is InChI=1S/C29H40N6O2Si/c1-19(2)38(20(3)4,21(5)6)37-25-11-9-10-23(15-25)17-35-18-24(16-30-35)26(12-13-36)27-14-22(7)31-29-28(27)32-33-34(29)8/h9-12,14-16,18-21,36H,13,17H2,1-8H3/b26-12+. The molecule has 4 aromatic rings. The monoisotopic (exact) mass is 532 g/mol. The van der Waals surface area contributed by atoms with Crippen LogP contribution in [0, 0.1) is 6.92 Å². The molecule has 0 atom stereocenters. The maximum Gasteiger partial charge on any atom is 0.258 e. The highest BCUT2D eigenvalue weighted by Gasteiger charge is 2.47. The van der Waals surface area contributed by atoms with Crippen LogP contribution in [0.2, 0.25) is 16.6 Å². The number of pyridine rings is 1. The van der Waals surface area contributed by atoms with Gasteiger partial charge in [-0.15, -0.1) is 5.10 Å². The molecule has 0 amide bonds. The molecule has 202 valence electrons. The van der Waals surface area contributed by atoms with E-state index in [1.54, 1.807) is 10.8 Å². The van der Waals surface area contributed by atoms with Gasteiger partial charge < -0.3 is 9.53 Å².